The van der Waals surface area contributed by atoms with Crippen LogP contribution in [0.3, 0.4) is 0 Å². The third-order valence-electron chi connectivity index (χ3n) is 1.28. The summed E-state index contributed by atoms with van der Waals surface area (Å²) in [6, 6.07) is 3.92. The second kappa shape index (κ2) is 6.66. The Morgan fingerprint density at radius 2 is 2.42 bits per heavy atom. The lowest BCUT2D eigenvalue weighted by Gasteiger charge is -1.98. The monoisotopic (exact) mass is 182 g/mol. The number of hydrogen-bond acceptors (Lipinski definition) is 2. The van der Waals surface area contributed by atoms with Crippen LogP contribution in [0.5, 0.6) is 0 Å². The molecule has 12 heavy (non-hydrogen) atoms. The molecule has 0 aromatic carbocycles. The fourth-order valence-electron chi connectivity index (χ4n) is 0.782. The number of terminal acetylenes is 1. The summed E-state index contributed by atoms with van der Waals surface area (Å²) in [6.07, 6.45) is 8.64. The number of rotatable bonds is 3. The van der Waals surface area contributed by atoms with Gasteiger partial charge in [-0.3, -0.25) is 4.98 Å². The van der Waals surface area contributed by atoms with E-state index in [0.29, 0.717) is 6.54 Å². The van der Waals surface area contributed by atoms with Gasteiger partial charge in [-0.15, -0.1) is 18.8 Å². The Morgan fingerprint density at radius 1 is 1.58 bits per heavy atom. The van der Waals surface area contributed by atoms with Crippen molar-refractivity contribution in [3.63, 3.8) is 0 Å². The fraction of sp³-hybridized carbons (Fsp3) is 0.222. The third kappa shape index (κ3) is 3.97. The van der Waals surface area contributed by atoms with Crippen LogP contribution in [0.25, 0.3) is 0 Å². The lowest BCUT2D eigenvalue weighted by Crippen LogP contribution is -2.12. The molecule has 1 rings (SSSR count). The Balaban J connectivity index is 0.00000121. The van der Waals surface area contributed by atoms with E-state index < -0.39 is 0 Å². The highest BCUT2D eigenvalue weighted by atomic mass is 35.5. The molecule has 2 nitrogen and oxygen atoms in total. The van der Waals surface area contributed by atoms with E-state index in [1.165, 1.54) is 0 Å². The molecule has 0 amide bonds. The molecule has 3 heteroatoms. The van der Waals surface area contributed by atoms with E-state index in [1.807, 2.05) is 18.3 Å². The van der Waals surface area contributed by atoms with E-state index >= 15 is 0 Å². The molecule has 0 saturated carbocycles. The molecule has 0 radical (unpaired) electrons. The SMILES string of the molecule is C#CCNCc1cccnc1.Cl. The highest BCUT2D eigenvalue weighted by Gasteiger charge is 1.87. The minimum atomic E-state index is 0. The van der Waals surface area contributed by atoms with Gasteiger partial charge >= 0.3 is 0 Å². The number of aromatic nitrogens is 1. The van der Waals surface area contributed by atoms with Gasteiger partial charge in [-0.1, -0.05) is 12.0 Å². The first-order valence-electron chi connectivity index (χ1n) is 3.46. The van der Waals surface area contributed by atoms with Crippen molar-refractivity contribution < 1.29 is 0 Å². The van der Waals surface area contributed by atoms with Gasteiger partial charge in [0.15, 0.2) is 0 Å². The molecular formula is C9H11ClN2. The van der Waals surface area contributed by atoms with Crippen LogP contribution in [-0.2, 0) is 6.54 Å². The van der Waals surface area contributed by atoms with Gasteiger partial charge in [-0.2, -0.15) is 0 Å². The molecule has 0 saturated heterocycles. The second-order valence-corrected chi connectivity index (χ2v) is 2.17. The molecule has 0 aliphatic heterocycles. The summed E-state index contributed by atoms with van der Waals surface area (Å²) in [7, 11) is 0. The molecule has 64 valence electrons. The number of hydrogen-bond donors (Lipinski definition) is 1. The maximum Gasteiger partial charge on any atom is 0.0576 e. The van der Waals surface area contributed by atoms with Gasteiger partial charge in [0.1, 0.15) is 0 Å². The van der Waals surface area contributed by atoms with Crippen LogP contribution in [0.4, 0.5) is 0 Å². The predicted molar refractivity (Wildman–Crippen MR) is 52.0 cm³/mol. The Labute approximate surface area is 78.8 Å². The van der Waals surface area contributed by atoms with Gasteiger partial charge in [0, 0.05) is 18.9 Å². The summed E-state index contributed by atoms with van der Waals surface area (Å²) in [5.74, 6) is 2.51. The summed E-state index contributed by atoms with van der Waals surface area (Å²) in [4.78, 5) is 3.97. The Morgan fingerprint density at radius 3 is 3.00 bits per heavy atom. The summed E-state index contributed by atoms with van der Waals surface area (Å²) >= 11 is 0. The molecule has 0 aliphatic carbocycles. The van der Waals surface area contributed by atoms with E-state index in [0.717, 1.165) is 12.1 Å². The van der Waals surface area contributed by atoms with E-state index in [-0.39, 0.29) is 12.4 Å². The molecule has 1 aromatic rings. The first-order chi connectivity index (χ1) is 5.43. The lowest BCUT2D eigenvalue weighted by molar-refractivity contribution is 0.767. The highest BCUT2D eigenvalue weighted by molar-refractivity contribution is 5.85. The molecule has 0 atom stereocenters. The van der Waals surface area contributed by atoms with E-state index in [2.05, 4.69) is 16.2 Å². The zero-order valence-electron chi connectivity index (χ0n) is 6.66. The summed E-state index contributed by atoms with van der Waals surface area (Å²) < 4.78 is 0. The summed E-state index contributed by atoms with van der Waals surface area (Å²) in [5.41, 5.74) is 1.16. The zero-order chi connectivity index (χ0) is 7.94. The Bertz CT molecular complexity index is 240. The maximum absolute atomic E-state index is 5.06. The van der Waals surface area contributed by atoms with Crippen LogP contribution in [-0.4, -0.2) is 11.5 Å². The molecule has 1 N–H and O–H groups in total. The van der Waals surface area contributed by atoms with E-state index in [4.69, 9.17) is 6.42 Å². The topological polar surface area (TPSA) is 24.9 Å². The number of halogens is 1. The molecule has 1 aromatic heterocycles. The van der Waals surface area contributed by atoms with Crippen LogP contribution in [0.1, 0.15) is 5.56 Å². The standard InChI is InChI=1S/C9H10N2.ClH/c1-2-5-10-7-9-4-3-6-11-8-9;/h1,3-4,6,8,10H,5,7H2;1H. The van der Waals surface area contributed by atoms with Gasteiger partial charge in [0.05, 0.1) is 6.54 Å². The van der Waals surface area contributed by atoms with Gasteiger partial charge in [-0.25, -0.2) is 0 Å². The van der Waals surface area contributed by atoms with Crippen molar-refractivity contribution in [3.05, 3.63) is 30.1 Å². The van der Waals surface area contributed by atoms with Gasteiger partial charge in [0.25, 0.3) is 0 Å². The van der Waals surface area contributed by atoms with Crippen molar-refractivity contribution in [1.82, 2.24) is 10.3 Å². The van der Waals surface area contributed by atoms with Crippen molar-refractivity contribution in [2.75, 3.05) is 6.54 Å². The summed E-state index contributed by atoms with van der Waals surface area (Å²) in [6.45, 7) is 1.40. The summed E-state index contributed by atoms with van der Waals surface area (Å²) in [5, 5.41) is 3.08. The largest absolute Gasteiger partial charge is 0.302 e. The molecule has 1 heterocycles. The minimum Gasteiger partial charge on any atom is -0.302 e. The van der Waals surface area contributed by atoms with Crippen molar-refractivity contribution >= 4 is 12.4 Å². The average molecular weight is 183 g/mol. The zero-order valence-corrected chi connectivity index (χ0v) is 7.47. The lowest BCUT2D eigenvalue weighted by atomic mass is 10.3. The quantitative estimate of drug-likeness (QED) is 0.562. The van der Waals surface area contributed by atoms with Crippen LogP contribution >= 0.6 is 12.4 Å². The van der Waals surface area contributed by atoms with Crippen molar-refractivity contribution in [2.24, 2.45) is 0 Å². The van der Waals surface area contributed by atoms with E-state index in [9.17, 15) is 0 Å². The minimum absolute atomic E-state index is 0. The molecule has 0 spiro atoms. The fourth-order valence-corrected chi connectivity index (χ4v) is 0.782. The molecule has 0 unspecified atom stereocenters. The van der Waals surface area contributed by atoms with Crippen molar-refractivity contribution in [2.45, 2.75) is 6.54 Å². The maximum atomic E-state index is 5.06. The smallest absolute Gasteiger partial charge is 0.0576 e. The van der Waals surface area contributed by atoms with Crippen LogP contribution < -0.4 is 5.32 Å². The number of nitrogens with zero attached hydrogens (tertiary/aromatic N) is 1. The normalized spacial score (nSPS) is 8.25. The Kier molecular flexibility index (Phi) is 6.08. The second-order valence-electron chi connectivity index (χ2n) is 2.17. The Hall–Kier alpha value is -1.04. The molecule has 0 fully saturated rings. The number of pyridine rings is 1. The first-order valence-corrected chi connectivity index (χ1v) is 3.46. The molecular weight excluding hydrogens is 172 g/mol. The van der Waals surface area contributed by atoms with Gasteiger partial charge < -0.3 is 5.32 Å². The average Bonchev–Trinajstić information content (AvgIpc) is 2.07. The third-order valence-corrected chi connectivity index (χ3v) is 1.28. The van der Waals surface area contributed by atoms with Crippen LogP contribution in [0, 0.1) is 12.3 Å². The molecule has 0 aliphatic rings. The number of nitrogens with one attached hydrogen (secondary N) is 1. The van der Waals surface area contributed by atoms with E-state index in [1.54, 1.807) is 6.20 Å². The van der Waals surface area contributed by atoms with Gasteiger partial charge in [0.2, 0.25) is 0 Å². The van der Waals surface area contributed by atoms with Crippen molar-refractivity contribution in [1.29, 1.82) is 0 Å². The molecule has 0 bridgehead atoms. The van der Waals surface area contributed by atoms with Gasteiger partial charge in [-0.05, 0) is 11.6 Å². The van der Waals surface area contributed by atoms with Crippen LogP contribution in [0.15, 0.2) is 24.5 Å². The highest BCUT2D eigenvalue weighted by Crippen LogP contribution is 1.92. The van der Waals surface area contributed by atoms with Crippen LogP contribution in [0.2, 0.25) is 0 Å². The predicted octanol–water partition coefficient (Wildman–Crippen LogP) is 1.23. The first kappa shape index (κ1) is 11.0. The van der Waals surface area contributed by atoms with Crippen molar-refractivity contribution in [3.8, 4) is 12.3 Å².